The predicted octanol–water partition coefficient (Wildman–Crippen LogP) is 2.95. The lowest BCUT2D eigenvalue weighted by Crippen LogP contribution is -2.41. The number of carbonyl (C=O) groups is 2. The van der Waals surface area contributed by atoms with Crippen LogP contribution in [0.5, 0.6) is 0 Å². The Bertz CT molecular complexity index is 1230. The first-order valence-electron chi connectivity index (χ1n) is 10.2. The monoisotopic (exact) mass is 467 g/mol. The number of benzene rings is 1. The molecule has 0 saturated carbocycles. The minimum atomic E-state index is -0.588. The lowest BCUT2D eigenvalue weighted by Gasteiger charge is -2.26. The summed E-state index contributed by atoms with van der Waals surface area (Å²) in [5, 5.41) is 14.8. The number of aliphatic imine (C=N–C) groups is 1. The van der Waals surface area contributed by atoms with Gasteiger partial charge in [-0.15, -0.1) is 0 Å². The van der Waals surface area contributed by atoms with E-state index in [9.17, 15) is 14.0 Å². The second-order valence-corrected chi connectivity index (χ2v) is 8.43. The predicted molar refractivity (Wildman–Crippen MR) is 121 cm³/mol. The molecule has 3 aliphatic heterocycles. The molecule has 0 aliphatic carbocycles. The number of ether oxygens (including phenoxy) is 1. The second kappa shape index (κ2) is 8.75. The third-order valence-corrected chi connectivity index (χ3v) is 6.11. The maximum absolute atomic E-state index is 13.1. The van der Waals surface area contributed by atoms with Gasteiger partial charge in [-0.25, -0.2) is 4.39 Å². The number of halogens is 1. The molecule has 2 aromatic rings. The second-order valence-electron chi connectivity index (χ2n) is 7.39. The largest absolute Gasteiger partial charge is 0.457 e. The van der Waals surface area contributed by atoms with E-state index < -0.39 is 5.91 Å². The maximum Gasteiger partial charge on any atom is 0.283 e. The topological polar surface area (TPSA) is 112 Å². The van der Waals surface area contributed by atoms with Gasteiger partial charge in [-0.2, -0.15) is 15.1 Å². The number of morpholine rings is 1. The van der Waals surface area contributed by atoms with Crippen LogP contribution >= 0.6 is 11.8 Å². The standard InChI is InChI=1S/C22H18FN5O4S/c23-14-3-1-13(2-4-14)17-6-5-15(32-17)11-16-20(24)28-22(25-21(16)30)33-18(26-28)12-19(29)27-7-9-31-10-8-27/h1-6,11,24H,7-10,12H2. The van der Waals surface area contributed by atoms with Gasteiger partial charge in [0.15, 0.2) is 5.84 Å². The lowest BCUT2D eigenvalue weighted by atomic mass is 10.1. The van der Waals surface area contributed by atoms with Gasteiger partial charge in [0.25, 0.3) is 5.91 Å². The minimum absolute atomic E-state index is 0.0175. The lowest BCUT2D eigenvalue weighted by molar-refractivity contribution is -0.133. The van der Waals surface area contributed by atoms with Crippen molar-refractivity contribution in [3.63, 3.8) is 0 Å². The van der Waals surface area contributed by atoms with Gasteiger partial charge in [0.1, 0.15) is 22.4 Å². The molecule has 0 atom stereocenters. The number of rotatable bonds is 4. The molecule has 33 heavy (non-hydrogen) atoms. The van der Waals surface area contributed by atoms with E-state index in [2.05, 4.69) is 10.1 Å². The summed E-state index contributed by atoms with van der Waals surface area (Å²) in [6, 6.07) is 9.19. The molecule has 9 nitrogen and oxygen atoms in total. The van der Waals surface area contributed by atoms with Gasteiger partial charge in [0.2, 0.25) is 11.1 Å². The molecule has 0 unspecified atom stereocenters. The zero-order valence-electron chi connectivity index (χ0n) is 17.3. The van der Waals surface area contributed by atoms with Crippen molar-refractivity contribution in [1.82, 2.24) is 9.91 Å². The first-order valence-corrected chi connectivity index (χ1v) is 11.0. The summed E-state index contributed by atoms with van der Waals surface area (Å²) in [5.41, 5.74) is 0.699. The summed E-state index contributed by atoms with van der Waals surface area (Å²) in [7, 11) is 0. The van der Waals surface area contributed by atoms with E-state index in [1.165, 1.54) is 23.2 Å². The summed E-state index contributed by atoms with van der Waals surface area (Å²) >= 11 is 1.11. The van der Waals surface area contributed by atoms with E-state index in [0.717, 1.165) is 11.8 Å². The van der Waals surface area contributed by atoms with Gasteiger partial charge in [-0.1, -0.05) is 0 Å². The van der Waals surface area contributed by atoms with Crippen molar-refractivity contribution >= 4 is 45.7 Å². The molecule has 3 aliphatic rings. The summed E-state index contributed by atoms with van der Waals surface area (Å²) in [4.78, 5) is 30.8. The Morgan fingerprint density at radius 2 is 1.94 bits per heavy atom. The van der Waals surface area contributed by atoms with Gasteiger partial charge in [-0.3, -0.25) is 15.0 Å². The number of thioether (sulfide) groups is 1. The van der Waals surface area contributed by atoms with E-state index in [0.29, 0.717) is 48.4 Å². The quantitative estimate of drug-likeness (QED) is 0.692. The first kappa shape index (κ1) is 21.3. The van der Waals surface area contributed by atoms with Gasteiger partial charge < -0.3 is 14.1 Å². The number of fused-ring (bicyclic) bond motifs is 1. The Labute approximate surface area is 192 Å². The fourth-order valence-corrected chi connectivity index (χ4v) is 4.38. The van der Waals surface area contributed by atoms with Crippen molar-refractivity contribution in [2.24, 2.45) is 10.1 Å². The molecule has 5 rings (SSSR count). The Morgan fingerprint density at radius 3 is 2.70 bits per heavy atom. The number of hydrogen-bond donors (Lipinski definition) is 1. The normalized spacial score (nSPS) is 19.6. The number of nitrogens with zero attached hydrogens (tertiary/aromatic N) is 4. The van der Waals surface area contributed by atoms with Crippen molar-refractivity contribution in [3.8, 4) is 11.3 Å². The van der Waals surface area contributed by atoms with Gasteiger partial charge >= 0.3 is 0 Å². The van der Waals surface area contributed by atoms with E-state index in [1.54, 1.807) is 29.2 Å². The molecular formula is C22H18FN5O4S. The third-order valence-electron chi connectivity index (χ3n) is 5.20. The Morgan fingerprint density at radius 1 is 1.18 bits per heavy atom. The summed E-state index contributed by atoms with van der Waals surface area (Å²) in [5.74, 6) is -0.320. The van der Waals surface area contributed by atoms with Crippen molar-refractivity contribution in [3.05, 3.63) is 53.5 Å². The molecule has 4 heterocycles. The van der Waals surface area contributed by atoms with Crippen molar-refractivity contribution < 1.29 is 23.1 Å². The average Bonchev–Trinajstić information content (AvgIpc) is 3.45. The molecule has 0 radical (unpaired) electrons. The van der Waals surface area contributed by atoms with Crippen LogP contribution in [0.3, 0.4) is 0 Å². The van der Waals surface area contributed by atoms with Crippen LogP contribution < -0.4 is 0 Å². The highest BCUT2D eigenvalue weighted by Crippen LogP contribution is 2.30. The SMILES string of the molecule is N=C1C(=Cc2ccc(-c3ccc(F)cc3)o2)C(=O)N=C2SC(CC(=O)N3CCOCC3)=NN12. The molecule has 2 amide bonds. The number of hydrogen-bond acceptors (Lipinski definition) is 7. The van der Waals surface area contributed by atoms with Crippen LogP contribution in [0.15, 0.2) is 56.5 Å². The molecule has 1 N–H and O–H groups in total. The molecule has 168 valence electrons. The van der Waals surface area contributed by atoms with Gasteiger partial charge in [0, 0.05) is 18.7 Å². The fourth-order valence-electron chi connectivity index (χ4n) is 3.50. The zero-order valence-corrected chi connectivity index (χ0v) is 18.1. The highest BCUT2D eigenvalue weighted by atomic mass is 32.2. The van der Waals surface area contributed by atoms with Crippen LogP contribution in [0.1, 0.15) is 12.2 Å². The number of amides is 2. The number of amidine groups is 2. The number of nitrogens with one attached hydrogen (secondary N) is 1. The number of furan rings is 1. The Kier molecular flexibility index (Phi) is 5.65. The first-order chi connectivity index (χ1) is 16.0. The van der Waals surface area contributed by atoms with Crippen LogP contribution in [-0.2, 0) is 14.3 Å². The van der Waals surface area contributed by atoms with E-state index in [-0.39, 0.29) is 34.7 Å². The van der Waals surface area contributed by atoms with Crippen LogP contribution in [0.4, 0.5) is 4.39 Å². The zero-order chi connectivity index (χ0) is 22.9. The van der Waals surface area contributed by atoms with E-state index in [4.69, 9.17) is 14.6 Å². The highest BCUT2D eigenvalue weighted by molar-refractivity contribution is 8.27. The smallest absolute Gasteiger partial charge is 0.283 e. The number of carbonyl (C=O) groups excluding carboxylic acids is 2. The summed E-state index contributed by atoms with van der Waals surface area (Å²) in [6.45, 7) is 2.08. The summed E-state index contributed by atoms with van der Waals surface area (Å²) in [6.07, 6.45) is 1.49. The summed E-state index contributed by atoms with van der Waals surface area (Å²) < 4.78 is 24.2. The molecule has 11 heteroatoms. The van der Waals surface area contributed by atoms with Crippen LogP contribution in [0, 0.1) is 11.2 Å². The molecule has 0 spiro atoms. The molecule has 1 aromatic carbocycles. The molecule has 1 saturated heterocycles. The third kappa shape index (κ3) is 4.37. The van der Waals surface area contributed by atoms with Crippen molar-refractivity contribution in [2.45, 2.75) is 6.42 Å². The molecule has 0 bridgehead atoms. The fraction of sp³-hybridized carbons (Fsp3) is 0.227. The Balaban J connectivity index is 1.33. The van der Waals surface area contributed by atoms with Crippen molar-refractivity contribution in [2.75, 3.05) is 26.3 Å². The van der Waals surface area contributed by atoms with Gasteiger partial charge in [0.05, 0.1) is 25.2 Å². The van der Waals surface area contributed by atoms with Crippen LogP contribution in [-0.4, -0.2) is 64.1 Å². The van der Waals surface area contributed by atoms with Crippen LogP contribution in [0.25, 0.3) is 17.4 Å². The molecule has 1 aromatic heterocycles. The minimum Gasteiger partial charge on any atom is -0.457 e. The average molecular weight is 467 g/mol. The maximum atomic E-state index is 13.1. The van der Waals surface area contributed by atoms with Crippen molar-refractivity contribution in [1.29, 1.82) is 5.41 Å². The highest BCUT2D eigenvalue weighted by Gasteiger charge is 2.36. The van der Waals surface area contributed by atoms with E-state index in [1.807, 2.05) is 0 Å². The van der Waals surface area contributed by atoms with Gasteiger partial charge in [-0.05, 0) is 54.2 Å². The molecular weight excluding hydrogens is 449 g/mol. The van der Waals surface area contributed by atoms with E-state index >= 15 is 0 Å². The Hall–Kier alpha value is -3.57. The number of hydrazone groups is 1. The van der Waals surface area contributed by atoms with Crippen LogP contribution in [0.2, 0.25) is 0 Å². The molecule has 1 fully saturated rings.